The molecule has 0 spiro atoms. The third-order valence-corrected chi connectivity index (χ3v) is 4.13. The van der Waals surface area contributed by atoms with Crippen molar-refractivity contribution in [3.8, 4) is 16.3 Å². The van der Waals surface area contributed by atoms with E-state index in [1.165, 1.54) is 22.2 Å². The molecule has 118 valence electrons. The largest absolute Gasteiger partial charge is 0.492 e. The maximum Gasteiger partial charge on any atom is 0.246 e. The molecular formula is C15H15N5O2S. The standard InChI is InChI=1S/C15H15N5O2S/c1-16-13-14(22)20(9-18-13)8-12(21)19-15-17-7-11(23-15)10-5-3-2-4-6-10/h2-7,9,16,22H,8H2,1H3,(H,17,19,21). The first-order valence-electron chi connectivity index (χ1n) is 6.90. The van der Waals surface area contributed by atoms with Crippen LogP contribution in [0.4, 0.5) is 10.9 Å². The summed E-state index contributed by atoms with van der Waals surface area (Å²) in [6, 6.07) is 9.83. The number of hydrogen-bond donors (Lipinski definition) is 3. The van der Waals surface area contributed by atoms with Crippen LogP contribution in [0.25, 0.3) is 10.4 Å². The first kappa shape index (κ1) is 15.0. The lowest BCUT2D eigenvalue weighted by atomic mass is 10.2. The fourth-order valence-corrected chi connectivity index (χ4v) is 2.89. The second-order valence-electron chi connectivity index (χ2n) is 4.74. The van der Waals surface area contributed by atoms with E-state index in [0.29, 0.717) is 10.9 Å². The average Bonchev–Trinajstić information content (AvgIpc) is 3.16. The van der Waals surface area contributed by atoms with Gasteiger partial charge < -0.3 is 15.7 Å². The number of imidazole rings is 1. The Balaban J connectivity index is 1.66. The summed E-state index contributed by atoms with van der Waals surface area (Å²) in [6.07, 6.45) is 3.13. The number of benzene rings is 1. The molecule has 23 heavy (non-hydrogen) atoms. The molecule has 0 saturated carbocycles. The van der Waals surface area contributed by atoms with Crippen LogP contribution in [-0.4, -0.2) is 32.6 Å². The van der Waals surface area contributed by atoms with Gasteiger partial charge in [-0.3, -0.25) is 9.36 Å². The molecule has 1 aromatic carbocycles. The Labute approximate surface area is 136 Å². The Hall–Kier alpha value is -2.87. The number of aromatic nitrogens is 3. The van der Waals surface area contributed by atoms with Crippen LogP contribution in [0.3, 0.4) is 0 Å². The van der Waals surface area contributed by atoms with Gasteiger partial charge in [0.05, 0.1) is 4.88 Å². The van der Waals surface area contributed by atoms with Gasteiger partial charge in [-0.1, -0.05) is 41.7 Å². The second-order valence-corrected chi connectivity index (χ2v) is 5.77. The molecule has 1 amide bonds. The van der Waals surface area contributed by atoms with Crippen molar-refractivity contribution >= 4 is 28.2 Å². The normalized spacial score (nSPS) is 10.5. The minimum absolute atomic E-state index is 0.0409. The van der Waals surface area contributed by atoms with Crippen LogP contribution in [0, 0.1) is 0 Å². The van der Waals surface area contributed by atoms with Crippen LogP contribution in [0.5, 0.6) is 5.88 Å². The van der Waals surface area contributed by atoms with E-state index in [-0.39, 0.29) is 18.3 Å². The second kappa shape index (κ2) is 6.49. The maximum absolute atomic E-state index is 12.1. The van der Waals surface area contributed by atoms with Crippen LogP contribution in [-0.2, 0) is 11.3 Å². The van der Waals surface area contributed by atoms with Crippen LogP contribution in [0.2, 0.25) is 0 Å². The van der Waals surface area contributed by atoms with Crippen LogP contribution in [0.1, 0.15) is 0 Å². The van der Waals surface area contributed by atoms with E-state index in [1.807, 2.05) is 30.3 Å². The third kappa shape index (κ3) is 3.32. The molecule has 0 bridgehead atoms. The molecule has 0 aliphatic rings. The highest BCUT2D eigenvalue weighted by atomic mass is 32.1. The molecule has 0 radical (unpaired) electrons. The molecule has 0 aliphatic heterocycles. The summed E-state index contributed by atoms with van der Waals surface area (Å²) in [5.74, 6) is -0.0282. The SMILES string of the molecule is CNc1ncn(CC(=O)Nc2ncc(-c3ccccc3)s2)c1O. The van der Waals surface area contributed by atoms with Gasteiger partial charge in [-0.25, -0.2) is 9.97 Å². The summed E-state index contributed by atoms with van der Waals surface area (Å²) in [7, 11) is 1.65. The van der Waals surface area contributed by atoms with E-state index in [1.54, 1.807) is 13.2 Å². The predicted molar refractivity (Wildman–Crippen MR) is 89.6 cm³/mol. The Morgan fingerprint density at radius 1 is 1.30 bits per heavy atom. The van der Waals surface area contributed by atoms with Crippen molar-refractivity contribution in [3.63, 3.8) is 0 Å². The molecular weight excluding hydrogens is 314 g/mol. The number of nitrogens with zero attached hydrogens (tertiary/aromatic N) is 3. The molecule has 3 N–H and O–H groups in total. The third-order valence-electron chi connectivity index (χ3n) is 3.17. The van der Waals surface area contributed by atoms with E-state index in [2.05, 4.69) is 20.6 Å². The molecule has 0 unspecified atom stereocenters. The maximum atomic E-state index is 12.1. The fraction of sp³-hybridized carbons (Fsp3) is 0.133. The van der Waals surface area contributed by atoms with Gasteiger partial charge in [-0.05, 0) is 5.56 Å². The smallest absolute Gasteiger partial charge is 0.246 e. The summed E-state index contributed by atoms with van der Waals surface area (Å²) in [5, 5.41) is 15.8. The van der Waals surface area contributed by atoms with Gasteiger partial charge in [-0.15, -0.1) is 0 Å². The molecule has 0 aliphatic carbocycles. The number of thiazole rings is 1. The van der Waals surface area contributed by atoms with E-state index in [9.17, 15) is 9.90 Å². The van der Waals surface area contributed by atoms with Gasteiger partial charge in [0.15, 0.2) is 10.9 Å². The van der Waals surface area contributed by atoms with Gasteiger partial charge in [-0.2, -0.15) is 0 Å². The number of carbonyl (C=O) groups excluding carboxylic acids is 1. The first-order chi connectivity index (χ1) is 11.2. The van der Waals surface area contributed by atoms with Crippen molar-refractivity contribution < 1.29 is 9.90 Å². The zero-order valence-electron chi connectivity index (χ0n) is 12.4. The van der Waals surface area contributed by atoms with Crippen LogP contribution < -0.4 is 10.6 Å². The number of carbonyl (C=O) groups is 1. The van der Waals surface area contributed by atoms with Crippen molar-refractivity contribution in [1.29, 1.82) is 0 Å². The zero-order chi connectivity index (χ0) is 16.2. The molecule has 0 fully saturated rings. The van der Waals surface area contributed by atoms with Crippen molar-refractivity contribution in [3.05, 3.63) is 42.9 Å². The number of hydrogen-bond acceptors (Lipinski definition) is 6. The van der Waals surface area contributed by atoms with Gasteiger partial charge in [0.2, 0.25) is 11.8 Å². The van der Waals surface area contributed by atoms with Crippen molar-refractivity contribution in [2.24, 2.45) is 0 Å². The first-order valence-corrected chi connectivity index (χ1v) is 7.72. The molecule has 3 rings (SSSR count). The highest BCUT2D eigenvalue weighted by Gasteiger charge is 2.13. The summed E-state index contributed by atoms with van der Waals surface area (Å²) in [4.78, 5) is 21.2. The molecule has 8 heteroatoms. The lowest BCUT2D eigenvalue weighted by Crippen LogP contribution is -2.17. The fourth-order valence-electron chi connectivity index (χ4n) is 2.05. The molecule has 2 aromatic heterocycles. The van der Waals surface area contributed by atoms with E-state index >= 15 is 0 Å². The van der Waals surface area contributed by atoms with Gasteiger partial charge >= 0.3 is 0 Å². The quantitative estimate of drug-likeness (QED) is 0.668. The molecule has 0 saturated heterocycles. The Bertz CT molecular complexity index is 812. The highest BCUT2D eigenvalue weighted by Crippen LogP contribution is 2.28. The lowest BCUT2D eigenvalue weighted by Gasteiger charge is -2.04. The monoisotopic (exact) mass is 329 g/mol. The highest BCUT2D eigenvalue weighted by molar-refractivity contribution is 7.19. The van der Waals surface area contributed by atoms with Gasteiger partial charge in [0.1, 0.15) is 12.9 Å². The minimum atomic E-state index is -0.283. The Morgan fingerprint density at radius 3 is 2.78 bits per heavy atom. The van der Waals surface area contributed by atoms with Gasteiger partial charge in [0.25, 0.3) is 0 Å². The lowest BCUT2D eigenvalue weighted by molar-refractivity contribution is -0.116. The van der Waals surface area contributed by atoms with Crippen LogP contribution in [0.15, 0.2) is 42.9 Å². The van der Waals surface area contributed by atoms with E-state index in [0.717, 1.165) is 10.4 Å². The Kier molecular flexibility index (Phi) is 4.24. The summed E-state index contributed by atoms with van der Waals surface area (Å²) >= 11 is 1.40. The predicted octanol–water partition coefficient (Wildman–Crippen LogP) is 2.39. The number of rotatable bonds is 5. The zero-order valence-corrected chi connectivity index (χ0v) is 13.2. The average molecular weight is 329 g/mol. The van der Waals surface area contributed by atoms with Crippen molar-refractivity contribution in [1.82, 2.24) is 14.5 Å². The van der Waals surface area contributed by atoms with Crippen molar-refractivity contribution in [2.45, 2.75) is 6.54 Å². The van der Waals surface area contributed by atoms with Crippen LogP contribution >= 0.6 is 11.3 Å². The summed E-state index contributed by atoms with van der Waals surface area (Å²) < 4.78 is 1.35. The number of aromatic hydroxyl groups is 1. The van der Waals surface area contributed by atoms with E-state index < -0.39 is 0 Å². The molecule has 7 nitrogen and oxygen atoms in total. The molecule has 2 heterocycles. The van der Waals surface area contributed by atoms with Gasteiger partial charge in [0, 0.05) is 13.2 Å². The number of amides is 1. The number of nitrogens with one attached hydrogen (secondary N) is 2. The Morgan fingerprint density at radius 2 is 2.09 bits per heavy atom. The summed E-state index contributed by atoms with van der Waals surface area (Å²) in [5.41, 5.74) is 1.05. The number of anilines is 2. The molecule has 0 atom stereocenters. The molecule has 3 aromatic rings. The van der Waals surface area contributed by atoms with Crippen molar-refractivity contribution in [2.75, 3.05) is 17.7 Å². The van der Waals surface area contributed by atoms with E-state index in [4.69, 9.17) is 0 Å². The summed E-state index contributed by atoms with van der Waals surface area (Å²) in [6.45, 7) is -0.0409. The minimum Gasteiger partial charge on any atom is -0.492 e. The topological polar surface area (TPSA) is 92.1 Å².